The van der Waals surface area contributed by atoms with Crippen LogP contribution in [0.15, 0.2) is 33.5 Å². The van der Waals surface area contributed by atoms with E-state index in [4.69, 9.17) is 0 Å². The van der Waals surface area contributed by atoms with Crippen LogP contribution >= 0.6 is 15.9 Å². The first kappa shape index (κ1) is 11.2. The van der Waals surface area contributed by atoms with Crippen molar-refractivity contribution >= 4 is 26.8 Å². The highest BCUT2D eigenvalue weighted by atomic mass is 79.9. The van der Waals surface area contributed by atoms with Gasteiger partial charge in [0.2, 0.25) is 5.56 Å². The minimum absolute atomic E-state index is 0.0264. The number of fused-ring (bicyclic) bond motifs is 1. The van der Waals surface area contributed by atoms with Crippen LogP contribution in [0.4, 0.5) is 13.2 Å². The molecule has 0 fully saturated rings. The van der Waals surface area contributed by atoms with E-state index in [9.17, 15) is 18.0 Å². The fourth-order valence-electron chi connectivity index (χ4n) is 1.46. The lowest BCUT2D eigenvalue weighted by Crippen LogP contribution is -2.13. The molecule has 1 heterocycles. The number of aromatic amines is 1. The number of alkyl halides is 3. The maximum Gasteiger partial charge on any atom is 0.417 e. The van der Waals surface area contributed by atoms with Crippen LogP contribution in [0.25, 0.3) is 10.9 Å². The maximum atomic E-state index is 12.7. The van der Waals surface area contributed by atoms with Gasteiger partial charge in [-0.15, -0.1) is 0 Å². The zero-order valence-corrected chi connectivity index (χ0v) is 9.32. The highest BCUT2D eigenvalue weighted by Crippen LogP contribution is 2.34. The fraction of sp³-hybridized carbons (Fsp3) is 0.100. The second-order valence-corrected chi connectivity index (χ2v) is 4.15. The zero-order valence-electron chi connectivity index (χ0n) is 7.73. The molecular weight excluding hydrogens is 287 g/mol. The van der Waals surface area contributed by atoms with E-state index in [0.717, 1.165) is 0 Å². The number of pyridine rings is 1. The standard InChI is InChI=1S/C10H5BrF3NO/c11-5-1-2-8-6(3-5)7(10(12,13)14)4-9(16)15-8/h1-4H,(H,15,16). The molecule has 0 aliphatic carbocycles. The summed E-state index contributed by atoms with van der Waals surface area (Å²) in [7, 11) is 0. The van der Waals surface area contributed by atoms with E-state index in [2.05, 4.69) is 20.9 Å². The van der Waals surface area contributed by atoms with Gasteiger partial charge in [0.1, 0.15) is 0 Å². The number of H-pyrrole nitrogens is 1. The van der Waals surface area contributed by atoms with Crippen molar-refractivity contribution in [1.29, 1.82) is 0 Å². The Balaban J connectivity index is 2.91. The Labute approximate surface area is 96.2 Å². The molecule has 2 nitrogen and oxygen atoms in total. The van der Waals surface area contributed by atoms with Crippen molar-refractivity contribution in [3.8, 4) is 0 Å². The van der Waals surface area contributed by atoms with Crippen LogP contribution in [0.2, 0.25) is 0 Å². The number of halogens is 4. The molecule has 0 atom stereocenters. The highest BCUT2D eigenvalue weighted by molar-refractivity contribution is 9.10. The summed E-state index contributed by atoms with van der Waals surface area (Å²) in [5.74, 6) is 0. The molecule has 0 spiro atoms. The number of hydrogen-bond acceptors (Lipinski definition) is 1. The first-order valence-corrected chi connectivity index (χ1v) is 5.07. The van der Waals surface area contributed by atoms with E-state index in [-0.39, 0.29) is 10.9 Å². The molecule has 0 radical (unpaired) electrons. The van der Waals surface area contributed by atoms with Gasteiger partial charge in [0.25, 0.3) is 0 Å². The van der Waals surface area contributed by atoms with Crippen LogP contribution in [0, 0.1) is 0 Å². The smallest absolute Gasteiger partial charge is 0.322 e. The van der Waals surface area contributed by atoms with Crippen molar-refractivity contribution in [2.24, 2.45) is 0 Å². The highest BCUT2D eigenvalue weighted by Gasteiger charge is 2.33. The van der Waals surface area contributed by atoms with Gasteiger partial charge in [-0.25, -0.2) is 0 Å². The van der Waals surface area contributed by atoms with E-state index >= 15 is 0 Å². The van der Waals surface area contributed by atoms with Gasteiger partial charge in [0, 0.05) is 21.4 Å². The van der Waals surface area contributed by atoms with Gasteiger partial charge < -0.3 is 4.98 Å². The van der Waals surface area contributed by atoms with Gasteiger partial charge in [0.15, 0.2) is 0 Å². The monoisotopic (exact) mass is 291 g/mol. The Morgan fingerprint density at radius 2 is 1.88 bits per heavy atom. The van der Waals surface area contributed by atoms with Crippen LogP contribution in [0.1, 0.15) is 5.56 Å². The molecule has 16 heavy (non-hydrogen) atoms. The largest absolute Gasteiger partial charge is 0.417 e. The summed E-state index contributed by atoms with van der Waals surface area (Å²) in [5.41, 5.74) is -1.52. The molecule has 1 aromatic heterocycles. The molecule has 1 aromatic carbocycles. The lowest BCUT2D eigenvalue weighted by atomic mass is 10.1. The minimum atomic E-state index is -4.53. The SMILES string of the molecule is O=c1cc(C(F)(F)F)c2cc(Br)ccc2[nH]1. The molecule has 6 heteroatoms. The van der Waals surface area contributed by atoms with Crippen LogP contribution in [0.5, 0.6) is 0 Å². The first-order valence-electron chi connectivity index (χ1n) is 4.28. The first-order chi connectivity index (χ1) is 7.38. The Morgan fingerprint density at radius 1 is 1.19 bits per heavy atom. The second-order valence-electron chi connectivity index (χ2n) is 3.23. The van der Waals surface area contributed by atoms with Crippen LogP contribution in [-0.4, -0.2) is 4.98 Å². The number of hydrogen-bond donors (Lipinski definition) is 1. The summed E-state index contributed by atoms with van der Waals surface area (Å²) >= 11 is 3.09. The third-order valence-corrected chi connectivity index (χ3v) is 2.60. The molecule has 1 N–H and O–H groups in total. The maximum absolute atomic E-state index is 12.7. The minimum Gasteiger partial charge on any atom is -0.322 e. The van der Waals surface area contributed by atoms with E-state index in [1.807, 2.05) is 0 Å². The van der Waals surface area contributed by atoms with Gasteiger partial charge in [-0.2, -0.15) is 13.2 Å². The van der Waals surface area contributed by atoms with E-state index in [0.29, 0.717) is 10.5 Å². The van der Waals surface area contributed by atoms with E-state index in [1.165, 1.54) is 12.1 Å². The predicted molar refractivity (Wildman–Crippen MR) is 57.3 cm³/mol. The van der Waals surface area contributed by atoms with Crippen LogP contribution in [-0.2, 0) is 6.18 Å². The van der Waals surface area contributed by atoms with Crippen molar-refractivity contribution in [2.45, 2.75) is 6.18 Å². The van der Waals surface area contributed by atoms with Crippen molar-refractivity contribution < 1.29 is 13.2 Å². The van der Waals surface area contributed by atoms with Gasteiger partial charge in [-0.3, -0.25) is 4.79 Å². The van der Waals surface area contributed by atoms with Crippen molar-refractivity contribution in [1.82, 2.24) is 4.98 Å². The lowest BCUT2D eigenvalue weighted by Gasteiger charge is -2.09. The van der Waals surface area contributed by atoms with Crippen LogP contribution < -0.4 is 5.56 Å². The van der Waals surface area contributed by atoms with Gasteiger partial charge in [-0.1, -0.05) is 15.9 Å². The Morgan fingerprint density at radius 3 is 2.50 bits per heavy atom. The molecular formula is C10H5BrF3NO. The van der Waals surface area contributed by atoms with E-state index in [1.54, 1.807) is 6.07 Å². The Hall–Kier alpha value is -1.30. The van der Waals surface area contributed by atoms with Crippen molar-refractivity contribution in [3.63, 3.8) is 0 Å². The molecule has 0 unspecified atom stereocenters. The number of nitrogens with one attached hydrogen (secondary N) is 1. The number of benzene rings is 1. The lowest BCUT2D eigenvalue weighted by molar-refractivity contribution is -0.136. The molecule has 0 aliphatic heterocycles. The zero-order chi connectivity index (χ0) is 11.9. The topological polar surface area (TPSA) is 32.9 Å². The Bertz CT molecular complexity index is 603. The van der Waals surface area contributed by atoms with Gasteiger partial charge in [-0.05, 0) is 18.2 Å². The summed E-state index contributed by atoms with van der Waals surface area (Å²) in [6, 6.07) is 4.89. The van der Waals surface area contributed by atoms with Gasteiger partial charge in [0.05, 0.1) is 5.56 Å². The summed E-state index contributed by atoms with van der Waals surface area (Å²) in [5, 5.41) is -0.0264. The summed E-state index contributed by atoms with van der Waals surface area (Å²) in [6.07, 6.45) is -4.53. The Kier molecular flexibility index (Phi) is 2.53. The molecule has 0 saturated carbocycles. The summed E-state index contributed by atoms with van der Waals surface area (Å²) < 4.78 is 38.5. The molecule has 0 aliphatic rings. The third kappa shape index (κ3) is 1.97. The number of aromatic nitrogens is 1. The molecule has 2 rings (SSSR count). The van der Waals surface area contributed by atoms with Crippen LogP contribution in [0.3, 0.4) is 0 Å². The summed E-state index contributed by atoms with van der Waals surface area (Å²) in [4.78, 5) is 13.4. The molecule has 84 valence electrons. The molecule has 0 saturated heterocycles. The third-order valence-electron chi connectivity index (χ3n) is 2.11. The average Bonchev–Trinajstić information content (AvgIpc) is 2.16. The quantitative estimate of drug-likeness (QED) is 0.794. The molecule has 0 amide bonds. The summed E-state index contributed by atoms with van der Waals surface area (Å²) in [6.45, 7) is 0. The van der Waals surface area contributed by atoms with E-state index < -0.39 is 17.3 Å². The average molecular weight is 292 g/mol. The normalized spacial score (nSPS) is 12.0. The molecule has 2 aromatic rings. The van der Waals surface area contributed by atoms with Crippen molar-refractivity contribution in [3.05, 3.63) is 44.7 Å². The fourth-order valence-corrected chi connectivity index (χ4v) is 1.82. The predicted octanol–water partition coefficient (Wildman–Crippen LogP) is 3.31. The molecule has 0 bridgehead atoms. The van der Waals surface area contributed by atoms with Crippen molar-refractivity contribution in [2.75, 3.05) is 0 Å². The number of rotatable bonds is 0. The second kappa shape index (κ2) is 3.62. The van der Waals surface area contributed by atoms with Gasteiger partial charge >= 0.3 is 6.18 Å².